The SMILES string of the molecule is Cl.O=C(Cl)Oc1ccc([N+](=O)[O-])cc1. The van der Waals surface area contributed by atoms with Crippen molar-refractivity contribution in [1.82, 2.24) is 0 Å². The summed E-state index contributed by atoms with van der Waals surface area (Å²) in [4.78, 5) is 19.9. The van der Waals surface area contributed by atoms with Crippen LogP contribution in [-0.4, -0.2) is 10.4 Å². The van der Waals surface area contributed by atoms with Crippen molar-refractivity contribution in [3.8, 4) is 5.75 Å². The predicted octanol–water partition coefficient (Wildman–Crippen LogP) is 2.75. The Bertz CT molecular complexity index is 338. The molecular weight excluding hydrogens is 233 g/mol. The molecule has 1 aromatic rings. The summed E-state index contributed by atoms with van der Waals surface area (Å²) in [7, 11) is 0. The summed E-state index contributed by atoms with van der Waals surface area (Å²) in [5.74, 6) is 0.172. The molecule has 0 spiro atoms. The maximum atomic E-state index is 10.2. The van der Waals surface area contributed by atoms with E-state index in [1.165, 1.54) is 24.3 Å². The van der Waals surface area contributed by atoms with Crippen LogP contribution >= 0.6 is 24.0 Å². The summed E-state index contributed by atoms with van der Waals surface area (Å²) in [6.07, 6.45) is 0. The number of halogens is 2. The van der Waals surface area contributed by atoms with Gasteiger partial charge in [-0.1, -0.05) is 0 Å². The lowest BCUT2D eigenvalue weighted by Crippen LogP contribution is -1.96. The second kappa shape index (κ2) is 5.41. The summed E-state index contributed by atoms with van der Waals surface area (Å²) in [6.45, 7) is 0. The summed E-state index contributed by atoms with van der Waals surface area (Å²) in [5.41, 5.74) is -1.05. The number of carbonyl (C=O) groups is 1. The lowest BCUT2D eigenvalue weighted by atomic mass is 10.3. The highest BCUT2D eigenvalue weighted by Crippen LogP contribution is 2.17. The molecule has 0 bridgehead atoms. The van der Waals surface area contributed by atoms with Gasteiger partial charge in [0.05, 0.1) is 4.92 Å². The van der Waals surface area contributed by atoms with Gasteiger partial charge in [0.2, 0.25) is 0 Å². The predicted molar refractivity (Wildman–Crippen MR) is 52.2 cm³/mol. The average Bonchev–Trinajstić information content (AvgIpc) is 2.04. The van der Waals surface area contributed by atoms with Crippen molar-refractivity contribution in [2.45, 2.75) is 0 Å². The highest BCUT2D eigenvalue weighted by Gasteiger charge is 2.05. The molecule has 0 aliphatic carbocycles. The molecule has 0 amide bonds. The smallest absolute Gasteiger partial charge is 0.409 e. The number of nitrogens with zero attached hydrogens (tertiary/aromatic N) is 1. The van der Waals surface area contributed by atoms with Crippen LogP contribution in [0.2, 0.25) is 0 Å². The van der Waals surface area contributed by atoms with Gasteiger partial charge in [0, 0.05) is 23.7 Å². The van der Waals surface area contributed by atoms with E-state index in [1.54, 1.807) is 0 Å². The Balaban J connectivity index is 0.00000169. The second-order valence-electron chi connectivity index (χ2n) is 2.09. The molecule has 0 heterocycles. The van der Waals surface area contributed by atoms with E-state index in [2.05, 4.69) is 4.74 Å². The normalized spacial score (nSPS) is 8.64. The fraction of sp³-hybridized carbons (Fsp3) is 0. The molecule has 1 rings (SSSR count). The van der Waals surface area contributed by atoms with Gasteiger partial charge in [-0.25, -0.2) is 4.79 Å². The Kier molecular flexibility index (Phi) is 4.90. The quantitative estimate of drug-likeness (QED) is 0.451. The van der Waals surface area contributed by atoms with Gasteiger partial charge in [0.15, 0.2) is 0 Å². The minimum Gasteiger partial charge on any atom is -0.414 e. The number of hydrogen-bond donors (Lipinski definition) is 0. The summed E-state index contributed by atoms with van der Waals surface area (Å²) < 4.78 is 4.45. The van der Waals surface area contributed by atoms with Crippen LogP contribution in [-0.2, 0) is 0 Å². The summed E-state index contributed by atoms with van der Waals surface area (Å²) >= 11 is 4.92. The number of carbonyl (C=O) groups excluding carboxylic acids is 1. The van der Waals surface area contributed by atoms with Gasteiger partial charge < -0.3 is 4.74 Å². The minimum absolute atomic E-state index is 0. The van der Waals surface area contributed by atoms with Crippen LogP contribution in [0.15, 0.2) is 24.3 Å². The van der Waals surface area contributed by atoms with Gasteiger partial charge in [0.1, 0.15) is 5.75 Å². The van der Waals surface area contributed by atoms with Gasteiger partial charge >= 0.3 is 5.43 Å². The number of benzene rings is 1. The fourth-order valence-electron chi connectivity index (χ4n) is 0.729. The highest BCUT2D eigenvalue weighted by molar-refractivity contribution is 6.61. The Hall–Kier alpha value is -1.33. The standard InChI is InChI=1S/C7H4ClNO4.ClH/c8-7(10)13-6-3-1-5(2-4-6)9(11)12;/h1-4H;1H. The zero-order valence-corrected chi connectivity index (χ0v) is 8.25. The fourth-order valence-corrected chi connectivity index (χ4v) is 0.818. The van der Waals surface area contributed by atoms with Crippen molar-refractivity contribution in [1.29, 1.82) is 0 Å². The molecule has 0 aliphatic rings. The van der Waals surface area contributed by atoms with E-state index in [0.717, 1.165) is 0 Å². The maximum Gasteiger partial charge on any atom is 0.409 e. The Morgan fingerprint density at radius 2 is 1.86 bits per heavy atom. The topological polar surface area (TPSA) is 69.4 Å². The number of hydrogen-bond acceptors (Lipinski definition) is 4. The molecule has 0 unspecified atom stereocenters. The molecule has 5 nitrogen and oxygen atoms in total. The first-order chi connectivity index (χ1) is 6.09. The Labute approximate surface area is 90.2 Å². The zero-order valence-electron chi connectivity index (χ0n) is 6.68. The monoisotopic (exact) mass is 237 g/mol. The molecule has 0 aromatic heterocycles. The molecule has 0 saturated carbocycles. The van der Waals surface area contributed by atoms with Crippen LogP contribution in [0, 0.1) is 10.1 Å². The first-order valence-electron chi connectivity index (χ1n) is 3.21. The molecule has 0 fully saturated rings. The van der Waals surface area contributed by atoms with Gasteiger partial charge in [-0.05, 0) is 12.1 Å². The first kappa shape index (κ1) is 12.7. The molecule has 76 valence electrons. The van der Waals surface area contributed by atoms with Gasteiger partial charge in [-0.3, -0.25) is 10.1 Å². The van der Waals surface area contributed by atoms with E-state index in [-0.39, 0.29) is 23.8 Å². The molecule has 7 heteroatoms. The second-order valence-corrected chi connectivity index (χ2v) is 2.40. The number of ether oxygens (including phenoxy) is 1. The van der Waals surface area contributed by atoms with Gasteiger partial charge in [-0.15, -0.1) is 12.4 Å². The van der Waals surface area contributed by atoms with E-state index in [9.17, 15) is 14.9 Å². The Morgan fingerprint density at radius 1 is 1.36 bits per heavy atom. The van der Waals surface area contributed by atoms with E-state index < -0.39 is 10.4 Å². The molecule has 0 radical (unpaired) electrons. The van der Waals surface area contributed by atoms with Crippen molar-refractivity contribution < 1.29 is 14.5 Å². The minimum atomic E-state index is -0.978. The van der Waals surface area contributed by atoms with Crippen molar-refractivity contribution in [2.24, 2.45) is 0 Å². The maximum absolute atomic E-state index is 10.2. The van der Waals surface area contributed by atoms with Crippen molar-refractivity contribution in [3.63, 3.8) is 0 Å². The number of nitro groups is 1. The number of nitro benzene ring substituents is 1. The highest BCUT2D eigenvalue weighted by atomic mass is 35.5. The third kappa shape index (κ3) is 3.59. The molecule has 0 atom stereocenters. The average molecular weight is 238 g/mol. The van der Waals surface area contributed by atoms with Crippen LogP contribution in [0.25, 0.3) is 0 Å². The summed E-state index contributed by atoms with van der Waals surface area (Å²) in [6, 6.07) is 5.02. The van der Waals surface area contributed by atoms with Crippen LogP contribution in [0.4, 0.5) is 10.5 Å². The third-order valence-electron chi connectivity index (χ3n) is 1.25. The van der Waals surface area contributed by atoms with Crippen LogP contribution in [0.3, 0.4) is 0 Å². The first-order valence-corrected chi connectivity index (χ1v) is 3.59. The molecule has 0 aliphatic heterocycles. The lowest BCUT2D eigenvalue weighted by Gasteiger charge is -1.97. The zero-order chi connectivity index (χ0) is 9.84. The largest absolute Gasteiger partial charge is 0.414 e. The van der Waals surface area contributed by atoms with Gasteiger partial charge in [0.25, 0.3) is 5.69 Å². The van der Waals surface area contributed by atoms with E-state index in [0.29, 0.717) is 0 Å². The lowest BCUT2D eigenvalue weighted by molar-refractivity contribution is -0.384. The van der Waals surface area contributed by atoms with Crippen LogP contribution in [0.1, 0.15) is 0 Å². The van der Waals surface area contributed by atoms with Crippen molar-refractivity contribution in [2.75, 3.05) is 0 Å². The number of rotatable bonds is 2. The van der Waals surface area contributed by atoms with Crippen LogP contribution in [0.5, 0.6) is 5.75 Å². The molecule has 0 saturated heterocycles. The van der Waals surface area contributed by atoms with Gasteiger partial charge in [-0.2, -0.15) is 0 Å². The molecule has 1 aromatic carbocycles. The van der Waals surface area contributed by atoms with E-state index in [1.807, 2.05) is 0 Å². The Morgan fingerprint density at radius 3 is 2.21 bits per heavy atom. The third-order valence-corrected chi connectivity index (χ3v) is 1.32. The van der Waals surface area contributed by atoms with E-state index in [4.69, 9.17) is 11.6 Å². The van der Waals surface area contributed by atoms with Crippen LogP contribution < -0.4 is 4.74 Å². The van der Waals surface area contributed by atoms with Crippen molar-refractivity contribution in [3.05, 3.63) is 34.4 Å². The van der Waals surface area contributed by atoms with Crippen molar-refractivity contribution >= 4 is 35.1 Å². The van der Waals surface area contributed by atoms with E-state index >= 15 is 0 Å². The molecule has 14 heavy (non-hydrogen) atoms. The molecular formula is C7H5Cl2NO4. The molecule has 0 N–H and O–H groups in total. The number of non-ortho nitro benzene ring substituents is 1. The summed E-state index contributed by atoms with van der Waals surface area (Å²) in [5, 5.41) is 10.2.